The molecule has 3 aromatic rings. The Hall–Kier alpha value is -3.24. The lowest BCUT2D eigenvalue weighted by Crippen LogP contribution is -2.33. The van der Waals surface area contributed by atoms with E-state index in [1.807, 2.05) is 24.3 Å². The summed E-state index contributed by atoms with van der Waals surface area (Å²) in [7, 11) is 0. The second-order valence-corrected chi connectivity index (χ2v) is 6.31. The first kappa shape index (κ1) is 16.2. The fourth-order valence-electron chi connectivity index (χ4n) is 3.12. The number of nitriles is 1. The number of nitrogens with zero attached hydrogens (tertiary/aromatic N) is 6. The molecule has 1 aromatic carbocycles. The summed E-state index contributed by atoms with van der Waals surface area (Å²) in [6.07, 6.45) is 5.03. The molecule has 4 rings (SSSR count). The molecule has 2 aromatic heterocycles. The first-order valence-corrected chi connectivity index (χ1v) is 8.57. The molecule has 0 fully saturated rings. The van der Waals surface area contributed by atoms with Crippen molar-refractivity contribution in [2.24, 2.45) is 0 Å². The van der Waals surface area contributed by atoms with Crippen LogP contribution in [-0.4, -0.2) is 31.2 Å². The van der Waals surface area contributed by atoms with E-state index in [1.165, 1.54) is 11.3 Å². The third kappa shape index (κ3) is 3.71. The van der Waals surface area contributed by atoms with Gasteiger partial charge >= 0.3 is 0 Å². The van der Waals surface area contributed by atoms with Crippen molar-refractivity contribution >= 4 is 5.82 Å². The highest BCUT2D eigenvalue weighted by Crippen LogP contribution is 2.17. The van der Waals surface area contributed by atoms with Gasteiger partial charge in [0.15, 0.2) is 0 Å². The van der Waals surface area contributed by atoms with E-state index >= 15 is 0 Å². The van der Waals surface area contributed by atoms with E-state index in [0.29, 0.717) is 12.1 Å². The van der Waals surface area contributed by atoms with Crippen LogP contribution in [0.2, 0.25) is 0 Å². The largest absolute Gasteiger partial charge is 0.363 e. The molecular formula is C19H19N7. The fraction of sp³-hybridized carbons (Fsp3) is 0.263. The minimum atomic E-state index is 0.633. The molecule has 0 amide bonds. The van der Waals surface area contributed by atoms with Crippen molar-refractivity contribution in [2.45, 2.75) is 26.2 Å². The number of fused-ring (bicyclic) bond motifs is 1. The third-order valence-corrected chi connectivity index (χ3v) is 4.43. The van der Waals surface area contributed by atoms with Crippen LogP contribution < -0.4 is 5.32 Å². The maximum atomic E-state index is 8.90. The molecule has 0 unspecified atom stereocenters. The average Bonchev–Trinajstić information content (AvgIpc) is 3.10. The van der Waals surface area contributed by atoms with Gasteiger partial charge in [0.05, 0.1) is 42.3 Å². The van der Waals surface area contributed by atoms with Gasteiger partial charge in [0.2, 0.25) is 0 Å². The number of anilines is 1. The van der Waals surface area contributed by atoms with Crippen molar-refractivity contribution < 1.29 is 0 Å². The van der Waals surface area contributed by atoms with E-state index in [-0.39, 0.29) is 0 Å². The molecule has 3 heterocycles. The lowest BCUT2D eigenvalue weighted by molar-refractivity contribution is 0.205. The molecule has 26 heavy (non-hydrogen) atoms. The normalized spacial score (nSPS) is 13.8. The molecule has 0 spiro atoms. The highest BCUT2D eigenvalue weighted by molar-refractivity contribution is 5.32. The molecule has 0 saturated carbocycles. The number of rotatable bonds is 5. The van der Waals surface area contributed by atoms with Crippen LogP contribution in [0.15, 0.2) is 48.9 Å². The van der Waals surface area contributed by atoms with Gasteiger partial charge in [-0.3, -0.25) is 14.6 Å². The van der Waals surface area contributed by atoms with Gasteiger partial charge in [-0.15, -0.1) is 0 Å². The van der Waals surface area contributed by atoms with Gasteiger partial charge in [0, 0.05) is 32.0 Å². The summed E-state index contributed by atoms with van der Waals surface area (Å²) in [4.78, 5) is 10.7. The van der Waals surface area contributed by atoms with Gasteiger partial charge in [0.25, 0.3) is 0 Å². The van der Waals surface area contributed by atoms with E-state index in [9.17, 15) is 0 Å². The molecule has 1 aliphatic heterocycles. The molecule has 0 saturated heterocycles. The molecule has 130 valence electrons. The van der Waals surface area contributed by atoms with Crippen LogP contribution in [0.5, 0.6) is 0 Å². The van der Waals surface area contributed by atoms with Gasteiger partial charge in [0.1, 0.15) is 5.82 Å². The smallest absolute Gasteiger partial charge is 0.144 e. The highest BCUT2D eigenvalue weighted by Gasteiger charge is 2.18. The Morgan fingerprint density at radius 2 is 2.04 bits per heavy atom. The number of aromatic nitrogens is 4. The van der Waals surface area contributed by atoms with Crippen LogP contribution in [0.3, 0.4) is 0 Å². The van der Waals surface area contributed by atoms with E-state index in [2.05, 4.69) is 42.1 Å². The molecule has 7 nitrogen and oxygen atoms in total. The van der Waals surface area contributed by atoms with Gasteiger partial charge in [-0.25, -0.2) is 4.98 Å². The molecule has 1 aliphatic rings. The fourth-order valence-corrected chi connectivity index (χ4v) is 3.12. The molecule has 0 radical (unpaired) electrons. The summed E-state index contributed by atoms with van der Waals surface area (Å²) in [6.45, 7) is 4.24. The molecule has 7 heteroatoms. The Bertz CT molecular complexity index is 909. The number of benzene rings is 1. The number of nitrogens with one attached hydrogen (secondary N) is 1. The van der Waals surface area contributed by atoms with Gasteiger partial charge in [-0.05, 0) is 23.8 Å². The number of hydrogen-bond acceptors (Lipinski definition) is 6. The predicted octanol–water partition coefficient (Wildman–Crippen LogP) is 2.17. The SMILES string of the molecule is N#Cc1ccc(CN2CCn3nc(CNc4cnccn4)cc3C2)cc1. The zero-order valence-corrected chi connectivity index (χ0v) is 14.3. The quantitative estimate of drug-likeness (QED) is 0.763. The van der Waals surface area contributed by atoms with Crippen LogP contribution in [0.25, 0.3) is 0 Å². The summed E-state index contributed by atoms with van der Waals surface area (Å²) in [5.41, 5.74) is 4.15. The average molecular weight is 345 g/mol. The van der Waals surface area contributed by atoms with Crippen molar-refractivity contribution in [3.8, 4) is 6.07 Å². The van der Waals surface area contributed by atoms with Crippen molar-refractivity contribution in [3.05, 3.63) is 71.4 Å². The monoisotopic (exact) mass is 345 g/mol. The Balaban J connectivity index is 1.37. The summed E-state index contributed by atoms with van der Waals surface area (Å²) < 4.78 is 2.09. The maximum Gasteiger partial charge on any atom is 0.144 e. The van der Waals surface area contributed by atoms with Gasteiger partial charge < -0.3 is 5.32 Å². The van der Waals surface area contributed by atoms with Crippen LogP contribution in [0.4, 0.5) is 5.82 Å². The minimum absolute atomic E-state index is 0.633. The summed E-state index contributed by atoms with van der Waals surface area (Å²) in [5.74, 6) is 0.751. The standard InChI is InChI=1S/C19H19N7/c20-10-15-1-3-16(4-2-15)13-25-7-8-26-18(14-25)9-17(24-26)11-23-19-12-21-5-6-22-19/h1-6,9,12H,7-8,11,13-14H2,(H,22,23). The zero-order chi connectivity index (χ0) is 17.8. The zero-order valence-electron chi connectivity index (χ0n) is 14.3. The Morgan fingerprint density at radius 3 is 2.81 bits per heavy atom. The van der Waals surface area contributed by atoms with Crippen molar-refractivity contribution in [3.63, 3.8) is 0 Å². The maximum absolute atomic E-state index is 8.90. The van der Waals surface area contributed by atoms with E-state index in [4.69, 9.17) is 5.26 Å². The summed E-state index contributed by atoms with van der Waals surface area (Å²) >= 11 is 0. The van der Waals surface area contributed by atoms with Crippen LogP contribution in [0, 0.1) is 11.3 Å². The Labute approximate surface area is 151 Å². The van der Waals surface area contributed by atoms with Crippen molar-refractivity contribution in [1.82, 2.24) is 24.6 Å². The molecule has 0 atom stereocenters. The highest BCUT2D eigenvalue weighted by atomic mass is 15.3. The van der Waals surface area contributed by atoms with Crippen LogP contribution >= 0.6 is 0 Å². The topological polar surface area (TPSA) is 82.7 Å². The van der Waals surface area contributed by atoms with Crippen molar-refractivity contribution in [2.75, 3.05) is 11.9 Å². The molecule has 1 N–H and O–H groups in total. The van der Waals surface area contributed by atoms with Crippen molar-refractivity contribution in [1.29, 1.82) is 5.26 Å². The van der Waals surface area contributed by atoms with E-state index < -0.39 is 0 Å². The molecule has 0 bridgehead atoms. The van der Waals surface area contributed by atoms with Crippen LogP contribution in [0.1, 0.15) is 22.5 Å². The van der Waals surface area contributed by atoms with Gasteiger partial charge in [-0.2, -0.15) is 10.4 Å². The minimum Gasteiger partial charge on any atom is -0.363 e. The van der Waals surface area contributed by atoms with E-state index in [0.717, 1.165) is 37.7 Å². The second-order valence-electron chi connectivity index (χ2n) is 6.31. The Morgan fingerprint density at radius 1 is 1.15 bits per heavy atom. The third-order valence-electron chi connectivity index (χ3n) is 4.43. The predicted molar refractivity (Wildman–Crippen MR) is 96.9 cm³/mol. The molecule has 0 aliphatic carbocycles. The second kappa shape index (κ2) is 7.33. The summed E-state index contributed by atoms with van der Waals surface area (Å²) in [5, 5.41) is 16.8. The number of hydrogen-bond donors (Lipinski definition) is 1. The first-order chi connectivity index (χ1) is 12.8. The van der Waals surface area contributed by atoms with Crippen LogP contribution in [-0.2, 0) is 26.2 Å². The Kier molecular flexibility index (Phi) is 4.58. The molecular weight excluding hydrogens is 326 g/mol. The van der Waals surface area contributed by atoms with Gasteiger partial charge in [-0.1, -0.05) is 12.1 Å². The lowest BCUT2D eigenvalue weighted by atomic mass is 10.1. The lowest BCUT2D eigenvalue weighted by Gasteiger charge is -2.27. The van der Waals surface area contributed by atoms with E-state index in [1.54, 1.807) is 18.6 Å². The first-order valence-electron chi connectivity index (χ1n) is 8.57. The summed E-state index contributed by atoms with van der Waals surface area (Å²) in [6, 6.07) is 12.1.